The Kier molecular flexibility index (Phi) is 7.81. The van der Waals surface area contributed by atoms with Gasteiger partial charge in [-0.3, -0.25) is 0 Å². The molecule has 9 heteroatoms. The highest BCUT2D eigenvalue weighted by Gasteiger charge is 2.55. The van der Waals surface area contributed by atoms with Gasteiger partial charge in [0.15, 0.2) is 0 Å². The third kappa shape index (κ3) is 4.91. The van der Waals surface area contributed by atoms with Gasteiger partial charge in [0.2, 0.25) is 5.69 Å². The summed E-state index contributed by atoms with van der Waals surface area (Å²) >= 11 is 7.67. The van der Waals surface area contributed by atoms with E-state index in [0.29, 0.717) is 19.1 Å². The van der Waals surface area contributed by atoms with Gasteiger partial charge in [-0.15, -0.1) is 0 Å². The Balaban J connectivity index is 1.71. The van der Waals surface area contributed by atoms with Crippen molar-refractivity contribution in [3.8, 4) is 0 Å². The zero-order valence-electron chi connectivity index (χ0n) is 17.3. The highest BCUT2D eigenvalue weighted by atomic mass is 32.9. The van der Waals surface area contributed by atoms with E-state index in [1.165, 1.54) is 5.57 Å². The van der Waals surface area contributed by atoms with E-state index in [0.717, 1.165) is 25.7 Å². The highest BCUT2D eigenvalue weighted by Crippen LogP contribution is 2.76. The van der Waals surface area contributed by atoms with Crippen LogP contribution >= 0.6 is 17.1 Å². The Morgan fingerprint density at radius 1 is 1.39 bits per heavy atom. The number of rotatable bonds is 8. The van der Waals surface area contributed by atoms with Crippen LogP contribution in [0.3, 0.4) is 0 Å². The van der Waals surface area contributed by atoms with Crippen LogP contribution in [-0.4, -0.2) is 63.3 Å². The smallest absolute Gasteiger partial charge is 0.248 e. The molecule has 3 rings (SSSR count). The number of fused-ring (bicyclic) bond motifs is 1. The standard InChI is InChI=1S/C19H32BO5PS2/c1-6-14-16(17(18(20)23-14)22-10-9-21-5)25-26(27)24-15-11-13(12(2)3)7-8-19(15,4)28-26/h13-18H,2,6-11H2,1,3-5H3/t13-,14+,15+,16+,17+,18+,19+,26-/m0/s1. The van der Waals surface area contributed by atoms with Crippen LogP contribution in [0.2, 0.25) is 0 Å². The van der Waals surface area contributed by atoms with Crippen molar-refractivity contribution < 1.29 is 23.3 Å². The molecule has 2 radical (unpaired) electrons. The van der Waals surface area contributed by atoms with Gasteiger partial charge in [-0.25, -0.2) is 0 Å². The molecule has 5 nitrogen and oxygen atoms in total. The van der Waals surface area contributed by atoms with E-state index >= 15 is 0 Å². The van der Waals surface area contributed by atoms with Crippen LogP contribution < -0.4 is 0 Å². The van der Waals surface area contributed by atoms with Gasteiger partial charge in [0.1, 0.15) is 20.1 Å². The molecule has 2 saturated heterocycles. The molecule has 0 unspecified atom stereocenters. The van der Waals surface area contributed by atoms with Crippen LogP contribution in [-0.2, 0) is 35.1 Å². The topological polar surface area (TPSA) is 46.2 Å². The quantitative estimate of drug-likeness (QED) is 0.240. The van der Waals surface area contributed by atoms with Crippen LogP contribution in [0.1, 0.15) is 46.5 Å². The second kappa shape index (κ2) is 9.39. The van der Waals surface area contributed by atoms with Crippen molar-refractivity contribution in [1.29, 1.82) is 0 Å². The lowest BCUT2D eigenvalue weighted by molar-refractivity contribution is -0.0313. The van der Waals surface area contributed by atoms with E-state index in [-0.39, 0.29) is 29.2 Å². The molecular formula is C19H32BO5PS2. The first kappa shape index (κ1) is 23.3. The first-order valence-electron chi connectivity index (χ1n) is 10.1. The first-order valence-corrected chi connectivity index (χ1v) is 14.1. The summed E-state index contributed by atoms with van der Waals surface area (Å²) in [6.45, 7) is 11.5. The molecule has 0 aromatic heterocycles. The summed E-state index contributed by atoms with van der Waals surface area (Å²) in [6, 6.07) is -0.535. The fourth-order valence-corrected chi connectivity index (χ4v) is 11.8. The monoisotopic (exact) mass is 446 g/mol. The number of hydrogen-bond donors (Lipinski definition) is 0. The zero-order valence-corrected chi connectivity index (χ0v) is 19.8. The molecule has 0 spiro atoms. The lowest BCUT2D eigenvalue weighted by Gasteiger charge is -2.37. The molecule has 1 aliphatic carbocycles. The summed E-state index contributed by atoms with van der Waals surface area (Å²) in [5.74, 6) is 0.497. The van der Waals surface area contributed by atoms with Crippen molar-refractivity contribution in [2.24, 2.45) is 5.92 Å². The van der Waals surface area contributed by atoms with E-state index in [1.54, 1.807) is 18.5 Å². The number of allylic oxidation sites excluding steroid dienone is 1. The van der Waals surface area contributed by atoms with Gasteiger partial charge in [0, 0.05) is 17.9 Å². The Morgan fingerprint density at radius 2 is 2.14 bits per heavy atom. The predicted molar refractivity (Wildman–Crippen MR) is 119 cm³/mol. The minimum atomic E-state index is -2.53. The lowest BCUT2D eigenvalue weighted by Crippen LogP contribution is -2.39. The summed E-state index contributed by atoms with van der Waals surface area (Å²) in [7, 11) is 7.83. The third-order valence-electron chi connectivity index (χ3n) is 6.04. The Labute approximate surface area is 179 Å². The normalized spacial score (nSPS) is 45.9. The third-order valence-corrected chi connectivity index (χ3v) is 11.8. The minimum Gasteiger partial charge on any atom is -0.382 e. The van der Waals surface area contributed by atoms with Crippen molar-refractivity contribution in [3.63, 3.8) is 0 Å². The fraction of sp³-hybridized carbons (Fsp3) is 0.895. The molecular weight excluding hydrogens is 414 g/mol. The molecule has 0 aromatic carbocycles. The maximum Gasteiger partial charge on any atom is 0.248 e. The molecule has 3 fully saturated rings. The average Bonchev–Trinajstić information content (AvgIpc) is 3.07. The van der Waals surface area contributed by atoms with Gasteiger partial charge in [0.25, 0.3) is 0 Å². The predicted octanol–water partition coefficient (Wildman–Crippen LogP) is 4.20. The summed E-state index contributed by atoms with van der Waals surface area (Å²) < 4.78 is 29.9. The number of methoxy groups -OCH3 is 1. The van der Waals surface area contributed by atoms with Crippen molar-refractivity contribution in [3.05, 3.63) is 12.2 Å². The van der Waals surface area contributed by atoms with E-state index in [2.05, 4.69) is 27.4 Å². The largest absolute Gasteiger partial charge is 0.382 e. The Hall–Kier alpha value is 0.605. The summed E-state index contributed by atoms with van der Waals surface area (Å²) in [5.41, 5.74) is -1.30. The second-order valence-electron chi connectivity index (χ2n) is 8.21. The van der Waals surface area contributed by atoms with Gasteiger partial charge in [-0.1, -0.05) is 30.5 Å². The van der Waals surface area contributed by atoms with Crippen LogP contribution in [0.4, 0.5) is 0 Å². The van der Waals surface area contributed by atoms with Gasteiger partial charge in [-0.05, 0) is 57.3 Å². The first-order chi connectivity index (χ1) is 13.2. The van der Waals surface area contributed by atoms with Crippen LogP contribution in [0, 0.1) is 5.92 Å². The molecule has 0 bridgehead atoms. The maximum atomic E-state index is 6.50. The second-order valence-corrected chi connectivity index (χ2v) is 14.8. The summed E-state index contributed by atoms with van der Waals surface area (Å²) in [5, 5.41) is 0. The van der Waals surface area contributed by atoms with Gasteiger partial charge in [0.05, 0.1) is 25.4 Å². The van der Waals surface area contributed by atoms with Gasteiger partial charge in [-0.2, -0.15) is 0 Å². The molecule has 158 valence electrons. The maximum absolute atomic E-state index is 6.50. The SMILES string of the molecule is [B][C@@H]1O[C@H](CC)[C@@H](O[P@]2(=S)O[C@@H]3C[C@@H](C(=C)C)CC[C@@]3(C)S2)[C@H]1OCCOC. The molecule has 2 heterocycles. The van der Waals surface area contributed by atoms with Gasteiger partial charge >= 0.3 is 0 Å². The minimum absolute atomic E-state index is 0.00281. The molecule has 0 aromatic rings. The van der Waals surface area contributed by atoms with Crippen molar-refractivity contribution in [1.82, 2.24) is 0 Å². The summed E-state index contributed by atoms with van der Waals surface area (Å²) in [4.78, 5) is 0. The highest BCUT2D eigenvalue weighted by molar-refractivity contribution is 8.68. The van der Waals surface area contributed by atoms with E-state index in [9.17, 15) is 0 Å². The van der Waals surface area contributed by atoms with Crippen LogP contribution in [0.15, 0.2) is 12.2 Å². The molecule has 0 amide bonds. The average molecular weight is 446 g/mol. The molecule has 1 saturated carbocycles. The fourth-order valence-electron chi connectivity index (χ4n) is 4.25. The molecule has 3 aliphatic rings. The molecule has 2 aliphatic heterocycles. The van der Waals surface area contributed by atoms with Crippen LogP contribution in [0.25, 0.3) is 0 Å². The van der Waals surface area contributed by atoms with Gasteiger partial charge < -0.3 is 23.3 Å². The van der Waals surface area contributed by atoms with E-state index < -0.39 is 11.7 Å². The molecule has 28 heavy (non-hydrogen) atoms. The number of hydrogen-bond acceptors (Lipinski definition) is 7. The number of ether oxygens (including phenoxy) is 3. The lowest BCUT2D eigenvalue weighted by atomic mass is 9.77. The van der Waals surface area contributed by atoms with E-state index in [1.807, 2.05) is 0 Å². The molecule has 8 atom stereocenters. The molecule has 0 N–H and O–H groups in total. The van der Waals surface area contributed by atoms with Crippen molar-refractivity contribution in [2.45, 2.75) is 81.6 Å². The Bertz CT molecular complexity index is 623. The zero-order chi connectivity index (χ0) is 20.5. The van der Waals surface area contributed by atoms with Crippen LogP contribution in [0.5, 0.6) is 0 Å². The Morgan fingerprint density at radius 3 is 2.79 bits per heavy atom. The van der Waals surface area contributed by atoms with Crippen molar-refractivity contribution >= 4 is 36.7 Å². The summed E-state index contributed by atoms with van der Waals surface area (Å²) in [6.07, 6.45) is 3.19. The van der Waals surface area contributed by atoms with Crippen molar-refractivity contribution in [2.75, 3.05) is 20.3 Å². The van der Waals surface area contributed by atoms with E-state index in [4.69, 9.17) is 42.9 Å².